The molecular formula is C44H40Br2ClF9N8O8S6. The number of nitrogens with zero attached hydrogens (tertiary/aromatic N) is 5. The van der Waals surface area contributed by atoms with E-state index in [2.05, 4.69) is 56.5 Å². The molecule has 424 valence electrons. The number of allylic oxidation sites excluding steroid dienone is 9. The van der Waals surface area contributed by atoms with Gasteiger partial charge < -0.3 is 16.2 Å². The Balaban J connectivity index is 0.000000245. The summed E-state index contributed by atoms with van der Waals surface area (Å²) in [6, 6.07) is 12.0. The fourth-order valence-corrected chi connectivity index (χ4v) is 17.7. The second-order valence-corrected chi connectivity index (χ2v) is 32.4. The van der Waals surface area contributed by atoms with Gasteiger partial charge in [-0.25, -0.2) is 27.7 Å². The molecule has 0 saturated carbocycles. The lowest BCUT2D eigenvalue weighted by Crippen LogP contribution is -2.32. The summed E-state index contributed by atoms with van der Waals surface area (Å²) >= 11 is 6.31. The largest absolute Gasteiger partial charge is 0.417 e. The Morgan fingerprint density at radius 2 is 1.13 bits per heavy atom. The molecule has 0 bridgehead atoms. The molecule has 0 saturated heterocycles. The van der Waals surface area contributed by atoms with Gasteiger partial charge in [0.2, 0.25) is 5.78 Å². The van der Waals surface area contributed by atoms with E-state index in [1.807, 2.05) is 0 Å². The van der Waals surface area contributed by atoms with Gasteiger partial charge in [0.1, 0.15) is 27.4 Å². The van der Waals surface area contributed by atoms with Gasteiger partial charge in [0.15, 0.2) is 0 Å². The smallest absolute Gasteiger partial charge is 0.397 e. The third-order valence-electron chi connectivity index (χ3n) is 9.59. The van der Waals surface area contributed by atoms with Crippen molar-refractivity contribution in [3.05, 3.63) is 162 Å². The quantitative estimate of drug-likeness (QED) is 0.0240. The molecule has 34 heteroatoms. The fourth-order valence-electron chi connectivity index (χ4n) is 5.80. The summed E-state index contributed by atoms with van der Waals surface area (Å²) in [7, 11) is -11.7. The van der Waals surface area contributed by atoms with Crippen LogP contribution in [-0.2, 0) is 30.9 Å². The summed E-state index contributed by atoms with van der Waals surface area (Å²) in [4.78, 5) is 28.3. The van der Waals surface area contributed by atoms with Crippen LogP contribution < -0.4 is 20.5 Å². The average Bonchev–Trinajstić information content (AvgIpc) is 3.34. The molecule has 0 fully saturated rings. The number of carbonyl (C=O) groups excluding carboxylic acids is 1. The van der Waals surface area contributed by atoms with Crippen LogP contribution in [0.3, 0.4) is 0 Å². The maximum absolute atomic E-state index is 13.2. The van der Waals surface area contributed by atoms with Gasteiger partial charge in [-0.3, -0.25) is 14.5 Å². The fraction of sp³-hybridized carbons (Fsp3) is 0.182. The van der Waals surface area contributed by atoms with E-state index in [-0.39, 0.29) is 56.5 Å². The van der Waals surface area contributed by atoms with Gasteiger partial charge in [-0.2, -0.15) is 56.3 Å². The van der Waals surface area contributed by atoms with Crippen molar-refractivity contribution in [2.45, 2.75) is 39.3 Å². The van der Waals surface area contributed by atoms with Gasteiger partial charge in [-0.1, -0.05) is 18.2 Å². The first kappa shape index (κ1) is 65.5. The van der Waals surface area contributed by atoms with E-state index in [1.54, 1.807) is 18.3 Å². The number of alkyl halides is 9. The molecule has 0 aliphatic carbocycles. The van der Waals surface area contributed by atoms with Crippen molar-refractivity contribution in [3.63, 3.8) is 0 Å². The summed E-state index contributed by atoms with van der Waals surface area (Å²) in [5.41, 5.74) is 8.51. The maximum Gasteiger partial charge on any atom is 0.417 e. The van der Waals surface area contributed by atoms with E-state index >= 15 is 0 Å². The molecule has 7 heterocycles. The first-order valence-electron chi connectivity index (χ1n) is 20.8. The summed E-state index contributed by atoms with van der Waals surface area (Å²) in [5, 5.41) is 5.57. The Morgan fingerprint density at radius 1 is 0.667 bits per heavy atom. The zero-order valence-electron chi connectivity index (χ0n) is 40.0. The highest BCUT2D eigenvalue weighted by molar-refractivity contribution is 9.10. The van der Waals surface area contributed by atoms with E-state index in [0.717, 1.165) is 32.6 Å². The van der Waals surface area contributed by atoms with Gasteiger partial charge >= 0.3 is 18.5 Å². The lowest BCUT2D eigenvalue weighted by atomic mass is 10.1. The number of nitrogen functional groups attached to an aromatic ring is 2. The highest BCUT2D eigenvalue weighted by Crippen LogP contribution is 2.42. The van der Waals surface area contributed by atoms with Crippen molar-refractivity contribution >= 4 is 142 Å². The summed E-state index contributed by atoms with van der Waals surface area (Å²) in [6.45, 7) is 3.43. The zero-order chi connectivity index (χ0) is 58.8. The molecule has 5 N–H and O–H groups in total. The second-order valence-electron chi connectivity index (χ2n) is 15.1. The molecule has 3 unspecified atom stereocenters. The third kappa shape index (κ3) is 18.0. The molecule has 0 aromatic carbocycles. The number of ether oxygens (including phenoxy) is 1. The van der Waals surface area contributed by atoms with E-state index in [4.69, 9.17) is 26.9 Å². The van der Waals surface area contributed by atoms with Crippen LogP contribution in [-0.4, -0.2) is 99.4 Å². The highest BCUT2D eigenvalue weighted by Gasteiger charge is 2.39. The molecule has 0 amide bonds. The van der Waals surface area contributed by atoms with Gasteiger partial charge in [-0.05, 0) is 179 Å². The molecule has 3 aliphatic heterocycles. The Hall–Kier alpha value is -5.00. The highest BCUT2D eigenvalue weighted by atomic mass is 79.9. The number of nitrogens with one attached hydrogen (secondary N) is 1. The van der Waals surface area contributed by atoms with Crippen LogP contribution in [0.25, 0.3) is 0 Å². The van der Waals surface area contributed by atoms with Crippen LogP contribution in [0.2, 0.25) is 0 Å². The first-order chi connectivity index (χ1) is 36.0. The van der Waals surface area contributed by atoms with Crippen LogP contribution in [0.15, 0.2) is 150 Å². The van der Waals surface area contributed by atoms with Crippen LogP contribution in [0.5, 0.6) is 0 Å². The van der Waals surface area contributed by atoms with Gasteiger partial charge in [0, 0.05) is 48.1 Å². The summed E-state index contributed by atoms with van der Waals surface area (Å²) in [6.07, 6.45) is -4.73. The topological polar surface area (TPSA) is 248 Å². The molecule has 0 spiro atoms. The van der Waals surface area contributed by atoms with E-state index in [0.29, 0.717) is 21.0 Å². The predicted octanol–water partition coefficient (Wildman–Crippen LogP) is 11.8. The van der Waals surface area contributed by atoms with Gasteiger partial charge in [0.05, 0.1) is 33.8 Å². The summed E-state index contributed by atoms with van der Waals surface area (Å²) < 4.78 is 198. The number of hydrogen-bond donors (Lipinski definition) is 3. The van der Waals surface area contributed by atoms with Crippen molar-refractivity contribution in [1.82, 2.24) is 19.9 Å². The number of methoxy groups -OCH3 is 1. The van der Waals surface area contributed by atoms with Crippen molar-refractivity contribution in [2.75, 3.05) is 34.3 Å². The number of rotatable bonds is 11. The zero-order valence-corrected chi connectivity index (χ0v) is 48.8. The van der Waals surface area contributed by atoms with Gasteiger partial charge in [-0.15, -0.1) is 0 Å². The number of hydrogen-bond acceptors (Lipinski definition) is 14. The molecule has 4 aromatic rings. The Kier molecular flexibility index (Phi) is 22.7. The van der Waals surface area contributed by atoms with Gasteiger partial charge in [0.25, 0.3) is 26.2 Å². The Morgan fingerprint density at radius 3 is 1.59 bits per heavy atom. The predicted molar refractivity (Wildman–Crippen MR) is 300 cm³/mol. The average molecular weight is 1370 g/mol. The molecular weight excluding hydrogens is 1330 g/mol. The standard InChI is InChI=1S/C18H15F3N4O3S2.C14H14BrF3N2O3S2.C7H6ClF3O2S2.C5H5BrN2/c1-11-5-8-29(10-13(11)18(19,20)21)30(27,28)25-14-3-2-6-24-16(14)17(26)12-4-7-23-15(22)9-12;1-10-5-7-24(8-11(10)14(16,17)18)25(21,22)20(9-23-2)12-4-3-6-19-13(12)15;1-5-2-3-14(15(8,12)13)4-6(5)7(9,10)11;6-5-4(7)2-1-3-8-5/h2-10,25H,1H3,(H2,22,23);3-8H,9H2,1-2H3;2-4H,1H3;1-3H,7H2. The van der Waals surface area contributed by atoms with Crippen LogP contribution in [0, 0.1) is 0 Å². The van der Waals surface area contributed by atoms with E-state index in [1.165, 1.54) is 94.4 Å². The normalized spacial score (nSPS) is 17.7. The van der Waals surface area contributed by atoms with Crippen LogP contribution in [0.4, 0.5) is 62.4 Å². The SMILES string of the molecule is CC1=C(C(F)(F)F)C=S(S(=O)(=O)Cl)C=C1.CC1=C(C(F)(F)F)C=S(S(=O)(=O)Nc2cccnc2C(=O)c2ccnc(N)c2)C=C1.COCN(c1cccnc1Br)S(=O)(=O)S1=CC(C(F)(F)F)=C(C)C=C1.Nc1cccnc1Br. The third-order valence-corrected chi connectivity index (χ3v) is 24.6. The van der Waals surface area contributed by atoms with Crippen LogP contribution >= 0.6 is 71.1 Å². The number of pyridine rings is 4. The number of aromatic nitrogens is 4. The molecule has 78 heavy (non-hydrogen) atoms. The van der Waals surface area contributed by atoms with Crippen molar-refractivity contribution in [3.8, 4) is 0 Å². The van der Waals surface area contributed by atoms with E-state index < -0.39 is 95.8 Å². The molecule has 7 rings (SSSR count). The Labute approximate surface area is 468 Å². The second kappa shape index (κ2) is 27.0. The lowest BCUT2D eigenvalue weighted by molar-refractivity contribution is -0.0869. The number of ketones is 1. The molecule has 3 aliphatic rings. The monoisotopic (exact) mass is 1360 g/mol. The number of halogens is 12. The van der Waals surface area contributed by atoms with Crippen molar-refractivity contribution in [1.29, 1.82) is 0 Å². The number of carbonyl (C=O) groups is 1. The molecule has 3 atom stereocenters. The number of nitrogens with two attached hydrogens (primary N) is 2. The minimum Gasteiger partial charge on any atom is -0.397 e. The summed E-state index contributed by atoms with van der Waals surface area (Å²) in [5.74, 6) is -0.537. The van der Waals surface area contributed by atoms with E-state index in [9.17, 15) is 69.6 Å². The van der Waals surface area contributed by atoms with Crippen molar-refractivity contribution < 1.29 is 74.3 Å². The lowest BCUT2D eigenvalue weighted by Gasteiger charge is -2.26. The van der Waals surface area contributed by atoms with Crippen LogP contribution in [0.1, 0.15) is 36.8 Å². The molecule has 16 nitrogen and oxygen atoms in total. The van der Waals surface area contributed by atoms with Crippen molar-refractivity contribution in [2.24, 2.45) is 0 Å². The first-order valence-corrected chi connectivity index (χ1v) is 33.2. The minimum absolute atomic E-state index is 0.0217. The molecule has 0 radical (unpaired) electrons. The Bertz CT molecular complexity index is 3590. The number of anilines is 4. The minimum atomic E-state index is -4.69. The molecule has 4 aromatic heterocycles. The maximum atomic E-state index is 13.2.